The van der Waals surface area contributed by atoms with E-state index in [-0.39, 0.29) is 5.97 Å². The number of carbonyl (C=O) groups excluding carboxylic acids is 1. The zero-order chi connectivity index (χ0) is 16.7. The molecule has 3 N–H and O–H groups in total. The van der Waals surface area contributed by atoms with Crippen molar-refractivity contribution >= 4 is 44.3 Å². The molecule has 4 rings (SSSR count). The van der Waals surface area contributed by atoms with Crippen molar-refractivity contribution in [1.82, 2.24) is 10.6 Å². The van der Waals surface area contributed by atoms with Crippen molar-refractivity contribution in [3.8, 4) is 0 Å². The summed E-state index contributed by atoms with van der Waals surface area (Å²) < 4.78 is 6.11. The third kappa shape index (κ3) is 2.69. The fourth-order valence-corrected chi connectivity index (χ4v) is 6.87. The Hall–Kier alpha value is -1.60. The Kier molecular flexibility index (Phi) is 4.22. The van der Waals surface area contributed by atoms with Gasteiger partial charge in [0, 0.05) is 0 Å². The molecule has 3 aliphatic heterocycles. The Labute approximate surface area is 150 Å². The van der Waals surface area contributed by atoms with Crippen LogP contribution in [0.15, 0.2) is 32.6 Å². The molecule has 0 amide bonds. The molecule has 0 aromatic carbocycles. The van der Waals surface area contributed by atoms with Crippen LogP contribution in [0.2, 0.25) is 4.82 Å². The Morgan fingerprint density at radius 1 is 1.54 bits per heavy atom. The predicted molar refractivity (Wildman–Crippen MR) is 96.7 cm³/mol. The van der Waals surface area contributed by atoms with Crippen molar-refractivity contribution in [2.24, 2.45) is 4.99 Å². The number of carbonyl (C=O) groups is 1. The number of aryl methyl sites for hydroxylation is 1. The van der Waals surface area contributed by atoms with E-state index in [2.05, 4.69) is 20.9 Å². The summed E-state index contributed by atoms with van der Waals surface area (Å²) in [7, 11) is 1.40. The average Bonchev–Trinajstić information content (AvgIpc) is 3.16. The first-order valence-electron chi connectivity index (χ1n) is 7.77. The van der Waals surface area contributed by atoms with Gasteiger partial charge in [-0.3, -0.25) is 0 Å². The van der Waals surface area contributed by atoms with E-state index in [0.29, 0.717) is 24.7 Å². The molecular formula is C16H18N4O2SSe. The molecule has 1 unspecified atom stereocenters. The van der Waals surface area contributed by atoms with Gasteiger partial charge in [-0.1, -0.05) is 0 Å². The molecule has 1 saturated heterocycles. The number of piperidine rings is 1. The van der Waals surface area contributed by atoms with Crippen molar-refractivity contribution in [1.29, 1.82) is 0 Å². The van der Waals surface area contributed by atoms with Crippen LogP contribution < -0.4 is 16.0 Å². The minimum atomic E-state index is -0.299. The quantitative estimate of drug-likeness (QED) is 0.525. The van der Waals surface area contributed by atoms with Crippen LogP contribution in [0.5, 0.6) is 0 Å². The second-order valence-corrected chi connectivity index (χ2v) is 9.54. The molecule has 0 spiro atoms. The maximum atomic E-state index is 11.7. The maximum absolute atomic E-state index is 11.7. The number of hydrogen-bond donors (Lipinski definition) is 3. The second kappa shape index (κ2) is 6.37. The molecule has 1 fully saturated rings. The van der Waals surface area contributed by atoms with Gasteiger partial charge in [-0.15, -0.1) is 0 Å². The number of allylic oxidation sites excluding steroid dienone is 1. The molecule has 3 aliphatic rings. The number of fused-ring (bicyclic) bond motifs is 2. The van der Waals surface area contributed by atoms with Gasteiger partial charge < -0.3 is 0 Å². The molecule has 126 valence electrons. The summed E-state index contributed by atoms with van der Waals surface area (Å²) in [6.07, 6.45) is 2.86. The van der Waals surface area contributed by atoms with Gasteiger partial charge in [0.15, 0.2) is 0 Å². The summed E-state index contributed by atoms with van der Waals surface area (Å²) in [5, 5.41) is 10.3. The fraction of sp³-hybridized carbons (Fsp3) is 0.375. The van der Waals surface area contributed by atoms with Crippen LogP contribution in [0.4, 0.5) is 5.69 Å². The van der Waals surface area contributed by atoms with Crippen LogP contribution in [0.1, 0.15) is 21.0 Å². The van der Waals surface area contributed by atoms with Gasteiger partial charge in [-0.05, 0) is 0 Å². The molecule has 4 heterocycles. The number of rotatable bonds is 3. The number of nitrogens with zero attached hydrogens (tertiary/aromatic N) is 1. The SMILES string of the molecule is COC(=O)c1cc(NC2=C3[Se]C4CNCCC4=C3NC=N2)c(C)s1. The first-order chi connectivity index (χ1) is 11.7. The molecule has 0 saturated carbocycles. The Morgan fingerprint density at radius 2 is 2.42 bits per heavy atom. The Morgan fingerprint density at radius 3 is 3.25 bits per heavy atom. The monoisotopic (exact) mass is 410 g/mol. The molecule has 8 heteroatoms. The summed E-state index contributed by atoms with van der Waals surface area (Å²) in [5.41, 5.74) is 3.72. The van der Waals surface area contributed by atoms with Crippen LogP contribution in [0.3, 0.4) is 0 Å². The van der Waals surface area contributed by atoms with Crippen molar-refractivity contribution in [3.63, 3.8) is 0 Å². The van der Waals surface area contributed by atoms with Crippen molar-refractivity contribution in [2.45, 2.75) is 18.2 Å². The van der Waals surface area contributed by atoms with Crippen LogP contribution in [0, 0.1) is 6.92 Å². The zero-order valence-corrected chi connectivity index (χ0v) is 16.0. The number of thiophene rings is 1. The van der Waals surface area contributed by atoms with Gasteiger partial charge >= 0.3 is 151 Å². The van der Waals surface area contributed by atoms with E-state index in [1.54, 1.807) is 6.34 Å². The molecule has 0 aliphatic carbocycles. The molecule has 24 heavy (non-hydrogen) atoms. The van der Waals surface area contributed by atoms with E-state index in [1.807, 2.05) is 13.0 Å². The molecular weight excluding hydrogens is 391 g/mol. The third-order valence-electron chi connectivity index (χ3n) is 4.27. The van der Waals surface area contributed by atoms with Crippen molar-refractivity contribution in [2.75, 3.05) is 25.5 Å². The normalized spacial score (nSPS) is 22.2. The van der Waals surface area contributed by atoms with E-state index >= 15 is 0 Å². The van der Waals surface area contributed by atoms with Crippen LogP contribution in [0.25, 0.3) is 0 Å². The van der Waals surface area contributed by atoms with Crippen LogP contribution in [-0.2, 0) is 4.74 Å². The molecule has 6 nitrogen and oxygen atoms in total. The third-order valence-corrected chi connectivity index (χ3v) is 8.18. The van der Waals surface area contributed by atoms with Crippen molar-refractivity contribution in [3.05, 3.63) is 37.4 Å². The molecule has 1 aromatic rings. The summed E-state index contributed by atoms with van der Waals surface area (Å²) in [4.78, 5) is 18.5. The van der Waals surface area contributed by atoms with Gasteiger partial charge in [-0.25, -0.2) is 0 Å². The minimum absolute atomic E-state index is 0.299. The van der Waals surface area contributed by atoms with Gasteiger partial charge in [0.1, 0.15) is 0 Å². The zero-order valence-electron chi connectivity index (χ0n) is 13.4. The van der Waals surface area contributed by atoms with Crippen molar-refractivity contribution < 1.29 is 9.53 Å². The number of methoxy groups -OCH3 is 1. The number of hydrogen-bond acceptors (Lipinski definition) is 7. The topological polar surface area (TPSA) is 74.8 Å². The standard InChI is InChI=1S/C16H18N4O2SSe/c1-8-10(5-11(23-8)16(21)22-2)20-15-14-13(18-7-19-15)9-3-4-17-6-12(9)24-14/h5,7,12,17,20H,3-4,6H2,1-2H3,(H,18,19). The van der Waals surface area contributed by atoms with E-state index < -0.39 is 0 Å². The number of ether oxygens (including phenoxy) is 1. The van der Waals surface area contributed by atoms with Gasteiger partial charge in [-0.2, -0.15) is 0 Å². The predicted octanol–water partition coefficient (Wildman–Crippen LogP) is 1.81. The van der Waals surface area contributed by atoms with Gasteiger partial charge in [0.2, 0.25) is 0 Å². The summed E-state index contributed by atoms with van der Waals surface area (Å²) in [6, 6.07) is 1.85. The van der Waals surface area contributed by atoms with Crippen LogP contribution in [-0.4, -0.2) is 47.5 Å². The fourth-order valence-electron chi connectivity index (χ4n) is 3.06. The number of esters is 1. The molecule has 0 bridgehead atoms. The summed E-state index contributed by atoms with van der Waals surface area (Å²) in [5.74, 6) is 0.607. The second-order valence-electron chi connectivity index (χ2n) is 5.74. The van der Waals surface area contributed by atoms with E-state index in [4.69, 9.17) is 4.74 Å². The average molecular weight is 409 g/mol. The first kappa shape index (κ1) is 15.9. The van der Waals surface area contributed by atoms with Crippen LogP contribution >= 0.6 is 11.3 Å². The molecule has 0 radical (unpaired) electrons. The first-order valence-corrected chi connectivity index (χ1v) is 10.4. The van der Waals surface area contributed by atoms with E-state index in [1.165, 1.54) is 34.2 Å². The van der Waals surface area contributed by atoms with E-state index in [9.17, 15) is 4.79 Å². The van der Waals surface area contributed by atoms with Gasteiger partial charge in [0.05, 0.1) is 0 Å². The Bertz CT molecular complexity index is 796. The molecule has 1 atom stereocenters. The van der Waals surface area contributed by atoms with E-state index in [0.717, 1.165) is 35.9 Å². The molecule has 1 aromatic heterocycles. The number of aliphatic imine (C=N–C) groups is 1. The summed E-state index contributed by atoms with van der Waals surface area (Å²) in [6.45, 7) is 4.10. The Balaban J connectivity index is 1.65. The number of anilines is 1. The summed E-state index contributed by atoms with van der Waals surface area (Å²) >= 11 is 1.80. The number of nitrogens with one attached hydrogen (secondary N) is 3. The van der Waals surface area contributed by atoms with Gasteiger partial charge in [0.25, 0.3) is 0 Å².